The van der Waals surface area contributed by atoms with Crippen molar-refractivity contribution in [3.05, 3.63) is 24.2 Å². The van der Waals surface area contributed by atoms with E-state index >= 15 is 0 Å². The predicted molar refractivity (Wildman–Crippen MR) is 73.6 cm³/mol. The van der Waals surface area contributed by atoms with Crippen LogP contribution in [-0.2, 0) is 0 Å². The van der Waals surface area contributed by atoms with E-state index in [9.17, 15) is 0 Å². The standard InChI is InChI=1S/C12H18N6O/c1-8(11(13)16-19)7-17(3)12-10-6-9(2)15-18(10)5-4-14-12/h4-6,8,19H,7H2,1-3H3,(H2,13,16). The van der Waals surface area contributed by atoms with Crippen LogP contribution in [0.25, 0.3) is 5.52 Å². The number of fused-ring (bicyclic) bond motifs is 1. The van der Waals surface area contributed by atoms with Gasteiger partial charge in [-0.25, -0.2) is 9.50 Å². The van der Waals surface area contributed by atoms with Crippen molar-refractivity contribution in [1.29, 1.82) is 0 Å². The molecule has 0 amide bonds. The Bertz CT molecular complexity index is 605. The lowest BCUT2D eigenvalue weighted by Crippen LogP contribution is -2.33. The smallest absolute Gasteiger partial charge is 0.154 e. The number of nitrogens with zero attached hydrogens (tertiary/aromatic N) is 5. The number of amidine groups is 1. The SMILES string of the molecule is Cc1cc2c(N(C)CC(C)/C(N)=N/O)nccn2n1. The van der Waals surface area contributed by atoms with E-state index in [0.717, 1.165) is 17.0 Å². The number of rotatable bonds is 4. The highest BCUT2D eigenvalue weighted by atomic mass is 16.4. The molecular weight excluding hydrogens is 244 g/mol. The average Bonchev–Trinajstić information content (AvgIpc) is 2.77. The lowest BCUT2D eigenvalue weighted by Gasteiger charge is -2.22. The molecule has 0 spiro atoms. The average molecular weight is 262 g/mol. The van der Waals surface area contributed by atoms with Gasteiger partial charge >= 0.3 is 0 Å². The molecular formula is C12H18N6O. The van der Waals surface area contributed by atoms with E-state index in [1.165, 1.54) is 0 Å². The molecule has 2 heterocycles. The predicted octanol–water partition coefficient (Wildman–Crippen LogP) is 0.856. The van der Waals surface area contributed by atoms with Crippen LogP contribution in [0.1, 0.15) is 12.6 Å². The molecule has 19 heavy (non-hydrogen) atoms. The monoisotopic (exact) mass is 262 g/mol. The largest absolute Gasteiger partial charge is 0.409 e. The molecule has 0 bridgehead atoms. The van der Waals surface area contributed by atoms with Crippen molar-refractivity contribution in [2.45, 2.75) is 13.8 Å². The third-order valence-electron chi connectivity index (χ3n) is 3.02. The van der Waals surface area contributed by atoms with Gasteiger partial charge in [-0.15, -0.1) is 0 Å². The van der Waals surface area contributed by atoms with Gasteiger partial charge in [-0.2, -0.15) is 5.10 Å². The van der Waals surface area contributed by atoms with Gasteiger partial charge in [0.25, 0.3) is 0 Å². The van der Waals surface area contributed by atoms with E-state index in [1.54, 1.807) is 10.7 Å². The number of nitrogens with two attached hydrogens (primary N) is 1. The Hall–Kier alpha value is -2.31. The van der Waals surface area contributed by atoms with Crippen molar-refractivity contribution in [1.82, 2.24) is 14.6 Å². The fourth-order valence-corrected chi connectivity index (χ4v) is 2.01. The van der Waals surface area contributed by atoms with Gasteiger partial charge in [0.2, 0.25) is 0 Å². The summed E-state index contributed by atoms with van der Waals surface area (Å²) in [6, 6.07) is 1.98. The molecule has 2 aromatic heterocycles. The van der Waals surface area contributed by atoms with Crippen LogP contribution in [0.3, 0.4) is 0 Å². The molecule has 7 heteroatoms. The van der Waals surface area contributed by atoms with Crippen molar-refractivity contribution < 1.29 is 5.21 Å². The lowest BCUT2D eigenvalue weighted by molar-refractivity contribution is 0.314. The maximum absolute atomic E-state index is 8.68. The van der Waals surface area contributed by atoms with E-state index in [1.807, 2.05) is 38.1 Å². The summed E-state index contributed by atoms with van der Waals surface area (Å²) in [6.07, 6.45) is 3.52. The number of aromatic nitrogens is 3. The zero-order chi connectivity index (χ0) is 14.0. The number of oxime groups is 1. The summed E-state index contributed by atoms with van der Waals surface area (Å²) in [5, 5.41) is 16.1. The molecule has 3 N–H and O–H groups in total. The van der Waals surface area contributed by atoms with Crippen molar-refractivity contribution in [3.8, 4) is 0 Å². The molecule has 0 aliphatic rings. The van der Waals surface area contributed by atoms with Gasteiger partial charge in [0.15, 0.2) is 5.82 Å². The van der Waals surface area contributed by atoms with Crippen LogP contribution in [-0.4, -0.2) is 39.2 Å². The van der Waals surface area contributed by atoms with Gasteiger partial charge in [-0.3, -0.25) is 0 Å². The molecule has 1 unspecified atom stereocenters. The summed E-state index contributed by atoms with van der Waals surface area (Å²) < 4.78 is 1.79. The quantitative estimate of drug-likeness (QED) is 0.369. The van der Waals surface area contributed by atoms with Crippen LogP contribution in [0.5, 0.6) is 0 Å². The van der Waals surface area contributed by atoms with Crippen molar-refractivity contribution >= 4 is 17.2 Å². The van der Waals surface area contributed by atoms with Gasteiger partial charge in [0, 0.05) is 31.9 Å². The molecule has 0 saturated carbocycles. The minimum absolute atomic E-state index is 0.0684. The molecule has 0 aliphatic carbocycles. The van der Waals surface area contributed by atoms with Crippen LogP contribution in [0, 0.1) is 12.8 Å². The molecule has 0 fully saturated rings. The van der Waals surface area contributed by atoms with Crippen LogP contribution >= 0.6 is 0 Å². The fourth-order valence-electron chi connectivity index (χ4n) is 2.01. The number of hydrogen-bond acceptors (Lipinski definition) is 5. The highest BCUT2D eigenvalue weighted by Crippen LogP contribution is 2.19. The van der Waals surface area contributed by atoms with Gasteiger partial charge in [-0.05, 0) is 13.0 Å². The summed E-state index contributed by atoms with van der Waals surface area (Å²) in [4.78, 5) is 6.35. The zero-order valence-electron chi connectivity index (χ0n) is 11.3. The maximum Gasteiger partial charge on any atom is 0.154 e. The molecule has 7 nitrogen and oxygen atoms in total. The van der Waals surface area contributed by atoms with Crippen LogP contribution < -0.4 is 10.6 Å². The van der Waals surface area contributed by atoms with E-state index < -0.39 is 0 Å². The van der Waals surface area contributed by atoms with Crippen molar-refractivity contribution in [3.63, 3.8) is 0 Å². The summed E-state index contributed by atoms with van der Waals surface area (Å²) in [7, 11) is 1.92. The third kappa shape index (κ3) is 2.59. The van der Waals surface area contributed by atoms with Crippen LogP contribution in [0.2, 0.25) is 0 Å². The minimum Gasteiger partial charge on any atom is -0.409 e. The number of hydrogen-bond donors (Lipinski definition) is 2. The first-order valence-electron chi connectivity index (χ1n) is 6.02. The van der Waals surface area contributed by atoms with E-state index in [4.69, 9.17) is 10.9 Å². The Kier molecular flexibility index (Phi) is 3.55. The van der Waals surface area contributed by atoms with Gasteiger partial charge in [0.1, 0.15) is 11.4 Å². The Morgan fingerprint density at radius 3 is 3.05 bits per heavy atom. The third-order valence-corrected chi connectivity index (χ3v) is 3.02. The van der Waals surface area contributed by atoms with Crippen LogP contribution in [0.4, 0.5) is 5.82 Å². The van der Waals surface area contributed by atoms with Gasteiger partial charge < -0.3 is 15.8 Å². The molecule has 2 rings (SSSR count). The molecule has 1 atom stereocenters. The second kappa shape index (κ2) is 5.13. The zero-order valence-corrected chi connectivity index (χ0v) is 11.3. The molecule has 2 aromatic rings. The highest BCUT2D eigenvalue weighted by Gasteiger charge is 2.15. The highest BCUT2D eigenvalue weighted by molar-refractivity contribution is 5.82. The fraction of sp³-hybridized carbons (Fsp3) is 0.417. The maximum atomic E-state index is 8.68. The second-order valence-corrected chi connectivity index (χ2v) is 4.67. The summed E-state index contributed by atoms with van der Waals surface area (Å²) >= 11 is 0. The van der Waals surface area contributed by atoms with Crippen LogP contribution in [0.15, 0.2) is 23.6 Å². The first kappa shape index (κ1) is 13.1. The van der Waals surface area contributed by atoms with Gasteiger partial charge in [0.05, 0.1) is 5.69 Å². The first-order valence-corrected chi connectivity index (χ1v) is 6.02. The van der Waals surface area contributed by atoms with Gasteiger partial charge in [-0.1, -0.05) is 12.1 Å². The minimum atomic E-state index is -0.0684. The topological polar surface area (TPSA) is 92.0 Å². The molecule has 0 aromatic carbocycles. The summed E-state index contributed by atoms with van der Waals surface area (Å²) in [6.45, 7) is 4.44. The van der Waals surface area contributed by atoms with E-state index in [2.05, 4.69) is 15.2 Å². The Morgan fingerprint density at radius 2 is 2.37 bits per heavy atom. The van der Waals surface area contributed by atoms with E-state index in [0.29, 0.717) is 6.54 Å². The second-order valence-electron chi connectivity index (χ2n) is 4.67. The molecule has 0 aliphatic heterocycles. The Balaban J connectivity index is 2.28. The molecule has 102 valence electrons. The number of aryl methyl sites for hydroxylation is 1. The van der Waals surface area contributed by atoms with Crippen molar-refractivity contribution in [2.75, 3.05) is 18.5 Å². The molecule has 0 saturated heterocycles. The lowest BCUT2D eigenvalue weighted by atomic mass is 10.1. The Morgan fingerprint density at radius 1 is 1.63 bits per heavy atom. The summed E-state index contributed by atoms with van der Waals surface area (Å²) in [5.41, 5.74) is 7.47. The molecule has 0 radical (unpaired) electrons. The van der Waals surface area contributed by atoms with E-state index in [-0.39, 0.29) is 11.8 Å². The first-order chi connectivity index (χ1) is 9.02. The normalized spacial score (nSPS) is 13.7. The number of anilines is 1. The van der Waals surface area contributed by atoms with Crippen molar-refractivity contribution in [2.24, 2.45) is 16.8 Å². The Labute approximate surface area is 111 Å². The summed E-state index contributed by atoms with van der Waals surface area (Å²) in [5.74, 6) is 0.963.